The van der Waals surface area contributed by atoms with Crippen molar-refractivity contribution < 1.29 is 22.7 Å². The highest BCUT2D eigenvalue weighted by atomic mass is 35.5. The number of halogens is 1. The van der Waals surface area contributed by atoms with Crippen LogP contribution in [0, 0.1) is 6.92 Å². The fraction of sp³-hybridized carbons (Fsp3) is 0.278. The van der Waals surface area contributed by atoms with E-state index in [1.54, 1.807) is 36.4 Å². The van der Waals surface area contributed by atoms with Crippen molar-refractivity contribution in [3.63, 3.8) is 0 Å². The van der Waals surface area contributed by atoms with Gasteiger partial charge in [0.2, 0.25) is 11.8 Å². The molecule has 0 aliphatic carbocycles. The minimum atomic E-state index is -4.24. The number of nitrogens with one attached hydrogen (secondary N) is 1. The maximum absolute atomic E-state index is 14.5. The van der Waals surface area contributed by atoms with E-state index in [-0.39, 0.29) is 35.5 Å². The number of hydrogen-bond acceptors (Lipinski definition) is 5. The summed E-state index contributed by atoms with van der Waals surface area (Å²) in [5.41, 5.74) is 2.94. The summed E-state index contributed by atoms with van der Waals surface area (Å²) in [6, 6.07) is 28.4. The molecule has 2 unspecified atom stereocenters. The van der Waals surface area contributed by atoms with E-state index in [4.69, 9.17) is 16.3 Å². The molecule has 0 bridgehead atoms. The third-order valence-electron chi connectivity index (χ3n) is 7.75. The molecule has 4 rings (SSSR count). The Morgan fingerprint density at radius 3 is 2.15 bits per heavy atom. The monoisotopic (exact) mass is 661 g/mol. The van der Waals surface area contributed by atoms with Gasteiger partial charge in [-0.2, -0.15) is 0 Å². The van der Waals surface area contributed by atoms with Crippen molar-refractivity contribution in [2.75, 3.05) is 18.0 Å². The molecule has 46 heavy (non-hydrogen) atoms. The van der Waals surface area contributed by atoms with Crippen molar-refractivity contribution in [3.8, 4) is 5.75 Å². The number of ether oxygens (including phenoxy) is 1. The van der Waals surface area contributed by atoms with Crippen molar-refractivity contribution in [3.05, 3.63) is 125 Å². The topological polar surface area (TPSA) is 96.0 Å². The Kier molecular flexibility index (Phi) is 11.8. The summed E-state index contributed by atoms with van der Waals surface area (Å²) in [4.78, 5) is 30.0. The van der Waals surface area contributed by atoms with Gasteiger partial charge in [0, 0.05) is 24.0 Å². The van der Waals surface area contributed by atoms with Gasteiger partial charge in [-0.1, -0.05) is 78.7 Å². The van der Waals surface area contributed by atoms with Gasteiger partial charge in [-0.15, -0.1) is 0 Å². The van der Waals surface area contributed by atoms with E-state index in [0.717, 1.165) is 21.0 Å². The van der Waals surface area contributed by atoms with Crippen LogP contribution in [-0.2, 0) is 32.6 Å². The molecule has 1 N–H and O–H groups in total. The van der Waals surface area contributed by atoms with Crippen LogP contribution >= 0.6 is 11.6 Å². The Labute approximate surface area is 277 Å². The number of nitrogens with zero attached hydrogens (tertiary/aromatic N) is 2. The number of sulfonamides is 1. The SMILES string of the molecule is CCC(C)NC(=O)C(Cc1ccccc1)N(Cc1cccc(C)c1)C(=O)CN(c1ccc(Cl)cc1)S(=O)(=O)c1ccc(OC)cc1. The molecule has 10 heteroatoms. The zero-order valence-electron chi connectivity index (χ0n) is 26.5. The normalized spacial score (nSPS) is 12.5. The minimum Gasteiger partial charge on any atom is -0.497 e. The number of aryl methyl sites for hydroxylation is 1. The molecule has 8 nitrogen and oxygen atoms in total. The van der Waals surface area contributed by atoms with Gasteiger partial charge in [0.25, 0.3) is 10.0 Å². The number of carbonyl (C=O) groups excluding carboxylic acids is 2. The number of rotatable bonds is 14. The summed E-state index contributed by atoms with van der Waals surface area (Å²) in [5, 5.41) is 3.47. The average Bonchev–Trinajstić information content (AvgIpc) is 3.06. The fourth-order valence-electron chi connectivity index (χ4n) is 5.01. The zero-order valence-corrected chi connectivity index (χ0v) is 28.1. The van der Waals surface area contributed by atoms with Crippen LogP contribution in [0.1, 0.15) is 37.0 Å². The van der Waals surface area contributed by atoms with Crippen molar-refractivity contribution in [1.29, 1.82) is 0 Å². The van der Waals surface area contributed by atoms with E-state index >= 15 is 0 Å². The minimum absolute atomic E-state index is 0.0170. The van der Waals surface area contributed by atoms with Crippen molar-refractivity contribution >= 4 is 39.1 Å². The predicted molar refractivity (Wildman–Crippen MR) is 183 cm³/mol. The van der Waals surface area contributed by atoms with Gasteiger partial charge < -0.3 is 15.0 Å². The largest absolute Gasteiger partial charge is 0.497 e. The van der Waals surface area contributed by atoms with Crippen molar-refractivity contribution in [1.82, 2.24) is 10.2 Å². The van der Waals surface area contributed by atoms with Crippen LogP contribution in [0.5, 0.6) is 5.75 Å². The van der Waals surface area contributed by atoms with E-state index in [9.17, 15) is 18.0 Å². The Balaban J connectivity index is 1.80. The summed E-state index contributed by atoms with van der Waals surface area (Å²) >= 11 is 6.15. The quantitative estimate of drug-likeness (QED) is 0.169. The number of hydrogen-bond donors (Lipinski definition) is 1. The molecule has 4 aromatic carbocycles. The van der Waals surface area contributed by atoms with Crippen LogP contribution in [0.2, 0.25) is 5.02 Å². The second kappa shape index (κ2) is 15.8. The van der Waals surface area contributed by atoms with Gasteiger partial charge in [0.15, 0.2) is 0 Å². The van der Waals surface area contributed by atoms with Gasteiger partial charge in [0.1, 0.15) is 18.3 Å². The predicted octanol–water partition coefficient (Wildman–Crippen LogP) is 6.41. The van der Waals surface area contributed by atoms with Gasteiger partial charge >= 0.3 is 0 Å². The van der Waals surface area contributed by atoms with E-state index in [2.05, 4.69) is 5.32 Å². The number of benzene rings is 4. The van der Waals surface area contributed by atoms with Crippen LogP contribution in [-0.4, -0.2) is 50.9 Å². The first-order valence-electron chi connectivity index (χ1n) is 15.1. The lowest BCUT2D eigenvalue weighted by Gasteiger charge is -2.34. The Bertz CT molecular complexity index is 1720. The fourth-order valence-corrected chi connectivity index (χ4v) is 6.55. The molecule has 0 spiro atoms. The lowest BCUT2D eigenvalue weighted by Crippen LogP contribution is -2.54. The summed E-state index contributed by atoms with van der Waals surface area (Å²) < 4.78 is 34.6. The number of methoxy groups -OCH3 is 1. The molecule has 0 saturated heterocycles. The molecular weight excluding hydrogens is 622 g/mol. The first-order valence-corrected chi connectivity index (χ1v) is 16.9. The second-order valence-electron chi connectivity index (χ2n) is 11.2. The first-order chi connectivity index (χ1) is 22.0. The highest BCUT2D eigenvalue weighted by molar-refractivity contribution is 7.92. The zero-order chi connectivity index (χ0) is 33.3. The lowest BCUT2D eigenvalue weighted by atomic mass is 10.0. The second-order valence-corrected chi connectivity index (χ2v) is 13.5. The van der Waals surface area contributed by atoms with Crippen LogP contribution < -0.4 is 14.4 Å². The summed E-state index contributed by atoms with van der Waals surface area (Å²) in [7, 11) is -2.75. The van der Waals surface area contributed by atoms with Crippen LogP contribution in [0.15, 0.2) is 108 Å². The Hall–Kier alpha value is -4.34. The highest BCUT2D eigenvalue weighted by Crippen LogP contribution is 2.27. The third-order valence-corrected chi connectivity index (χ3v) is 9.79. The van der Waals surface area contributed by atoms with Crippen molar-refractivity contribution in [2.45, 2.75) is 57.1 Å². The Morgan fingerprint density at radius 2 is 1.54 bits per heavy atom. The van der Waals surface area contributed by atoms with Gasteiger partial charge in [0.05, 0.1) is 17.7 Å². The molecule has 4 aromatic rings. The number of anilines is 1. The lowest BCUT2D eigenvalue weighted by molar-refractivity contribution is -0.140. The maximum atomic E-state index is 14.5. The first kappa shape index (κ1) is 34.5. The van der Waals surface area contributed by atoms with Gasteiger partial charge in [-0.25, -0.2) is 8.42 Å². The molecule has 0 aliphatic rings. The molecule has 242 valence electrons. The number of carbonyl (C=O) groups is 2. The maximum Gasteiger partial charge on any atom is 0.264 e. The van der Waals surface area contributed by atoms with Crippen LogP contribution in [0.25, 0.3) is 0 Å². The van der Waals surface area contributed by atoms with Crippen molar-refractivity contribution in [2.24, 2.45) is 0 Å². The number of amides is 2. The Morgan fingerprint density at radius 1 is 0.891 bits per heavy atom. The molecule has 0 saturated carbocycles. The van der Waals surface area contributed by atoms with E-state index < -0.39 is 28.5 Å². The van der Waals surface area contributed by atoms with Crippen LogP contribution in [0.3, 0.4) is 0 Å². The van der Waals surface area contributed by atoms with E-state index in [1.807, 2.05) is 75.4 Å². The molecule has 2 amide bonds. The van der Waals surface area contributed by atoms with E-state index in [1.165, 1.54) is 24.1 Å². The molecule has 0 aromatic heterocycles. The summed E-state index contributed by atoms with van der Waals surface area (Å²) in [5.74, 6) is -0.350. The standard InChI is InChI=1S/C36H40ClN3O5S/c1-5-27(3)38-36(42)34(23-28-11-7-6-8-12-28)39(24-29-13-9-10-26(2)22-29)35(41)25-40(31-16-14-30(37)15-17-31)46(43,44)33-20-18-32(45-4)19-21-33/h6-22,27,34H,5,23-25H2,1-4H3,(H,38,42). The van der Waals surface area contributed by atoms with E-state index in [0.29, 0.717) is 17.2 Å². The third kappa shape index (κ3) is 8.89. The van der Waals surface area contributed by atoms with Gasteiger partial charge in [-0.3, -0.25) is 13.9 Å². The highest BCUT2D eigenvalue weighted by Gasteiger charge is 2.35. The average molecular weight is 662 g/mol. The molecule has 2 atom stereocenters. The summed E-state index contributed by atoms with van der Waals surface area (Å²) in [6.45, 7) is 5.39. The molecule has 0 fully saturated rings. The molecule has 0 radical (unpaired) electrons. The molecule has 0 heterocycles. The van der Waals surface area contributed by atoms with Gasteiger partial charge in [-0.05, 0) is 79.9 Å². The summed E-state index contributed by atoms with van der Waals surface area (Å²) in [6.07, 6.45) is 0.951. The molecule has 0 aliphatic heterocycles. The smallest absolute Gasteiger partial charge is 0.264 e. The van der Waals surface area contributed by atoms with Crippen LogP contribution in [0.4, 0.5) is 5.69 Å². The molecular formula is C36H40ClN3O5S.